The van der Waals surface area contributed by atoms with Crippen molar-refractivity contribution in [1.82, 2.24) is 14.9 Å². The number of aromatic nitrogens is 2. The third-order valence-corrected chi connectivity index (χ3v) is 7.75. The van der Waals surface area contributed by atoms with Crippen LogP contribution in [0.15, 0.2) is 48.8 Å². The highest BCUT2D eigenvalue weighted by Gasteiger charge is 2.53. The maximum atomic E-state index is 14.0. The molecule has 41 heavy (non-hydrogen) atoms. The van der Waals surface area contributed by atoms with Crippen LogP contribution < -0.4 is 20.9 Å². The van der Waals surface area contributed by atoms with Gasteiger partial charge in [0.1, 0.15) is 12.1 Å². The van der Waals surface area contributed by atoms with E-state index in [4.69, 9.17) is 0 Å². The lowest BCUT2D eigenvalue weighted by Gasteiger charge is -2.35. The summed E-state index contributed by atoms with van der Waals surface area (Å²) in [6.07, 6.45) is -1.92. The van der Waals surface area contributed by atoms with Gasteiger partial charge in [-0.2, -0.15) is 13.2 Å². The van der Waals surface area contributed by atoms with Crippen molar-refractivity contribution < 1.29 is 22.8 Å². The van der Waals surface area contributed by atoms with E-state index in [1.54, 1.807) is 37.1 Å². The fourth-order valence-electron chi connectivity index (χ4n) is 4.99. The monoisotopic (exact) mass is 567 g/mol. The van der Waals surface area contributed by atoms with Crippen LogP contribution in [0.4, 0.5) is 36.1 Å². The molecule has 0 atom stereocenters. The number of carbonyl (C=O) groups excluding carboxylic acids is 2. The van der Waals surface area contributed by atoms with E-state index >= 15 is 0 Å². The number of aryl methyl sites for hydroxylation is 1. The van der Waals surface area contributed by atoms with Crippen molar-refractivity contribution >= 4 is 34.7 Å². The predicted octanol–water partition coefficient (Wildman–Crippen LogP) is 4.52. The number of likely N-dealkylation sites (N-methyl/N-ethyl adjacent to an activating group) is 1. The number of amides is 2. The quantitative estimate of drug-likeness (QED) is 0.386. The van der Waals surface area contributed by atoms with Crippen molar-refractivity contribution in [3.05, 3.63) is 71.2 Å². The molecule has 1 saturated carbocycles. The molecule has 5 rings (SSSR count). The average molecular weight is 568 g/mol. The molecular formula is C29H32F3N7O2. The van der Waals surface area contributed by atoms with Gasteiger partial charge in [0.25, 0.3) is 5.91 Å². The summed E-state index contributed by atoms with van der Waals surface area (Å²) in [4.78, 5) is 38.6. The molecular weight excluding hydrogens is 535 g/mol. The summed E-state index contributed by atoms with van der Waals surface area (Å²) in [5.41, 5.74) is 0.555. The number of alkyl halides is 3. The molecule has 3 aromatic rings. The lowest BCUT2D eigenvalue weighted by Crippen LogP contribution is -2.45. The third kappa shape index (κ3) is 5.97. The standard InChI is InChI=1S/C29H32F3N7O2/c1-18-4-5-19(14-22(18)37-27(41)28(8-9-28)24-16-25(33-2)35-17-34-24)26(40)36-20-6-7-23(21(15-20)29(30,31)32)39-12-10-38(3)11-13-39/h4-7,14-17H,8-13H2,1-3H3,(H,36,40)(H,37,41)(H,33,34,35). The number of nitrogens with one attached hydrogen (secondary N) is 3. The van der Waals surface area contributed by atoms with E-state index in [2.05, 4.69) is 30.8 Å². The minimum Gasteiger partial charge on any atom is -0.373 e. The molecule has 2 fully saturated rings. The van der Waals surface area contributed by atoms with Gasteiger partial charge in [0.15, 0.2) is 0 Å². The molecule has 3 N–H and O–H groups in total. The van der Waals surface area contributed by atoms with Gasteiger partial charge in [-0.05, 0) is 62.7 Å². The molecule has 1 aliphatic heterocycles. The Bertz CT molecular complexity index is 1470. The van der Waals surface area contributed by atoms with Crippen molar-refractivity contribution in [2.24, 2.45) is 0 Å². The Morgan fingerprint density at radius 3 is 2.34 bits per heavy atom. The first-order chi connectivity index (χ1) is 19.5. The smallest absolute Gasteiger partial charge is 0.373 e. The number of carbonyl (C=O) groups is 2. The summed E-state index contributed by atoms with van der Waals surface area (Å²) in [5, 5.41) is 8.46. The minimum atomic E-state index is -4.59. The Labute approximate surface area is 236 Å². The molecule has 12 heteroatoms. The van der Waals surface area contributed by atoms with E-state index in [0.717, 1.165) is 11.6 Å². The Morgan fingerprint density at radius 1 is 0.951 bits per heavy atom. The highest BCUT2D eigenvalue weighted by atomic mass is 19.4. The largest absolute Gasteiger partial charge is 0.418 e. The average Bonchev–Trinajstić information content (AvgIpc) is 3.77. The van der Waals surface area contributed by atoms with Crippen LogP contribution in [-0.4, -0.2) is 67.0 Å². The SMILES string of the molecule is CNc1cc(C2(C(=O)Nc3cc(C(=O)Nc4ccc(N5CCN(C)CC5)c(C(F)(F)F)c4)ccc3C)CC2)ncn1. The zero-order valence-electron chi connectivity index (χ0n) is 23.1. The summed E-state index contributed by atoms with van der Waals surface area (Å²) < 4.78 is 42.0. The Hall–Kier alpha value is -4.19. The number of anilines is 4. The minimum absolute atomic E-state index is 0.0346. The second-order valence-electron chi connectivity index (χ2n) is 10.6. The molecule has 1 aromatic heterocycles. The van der Waals surface area contributed by atoms with Gasteiger partial charge in [-0.25, -0.2) is 9.97 Å². The number of hydrogen-bond acceptors (Lipinski definition) is 7. The highest BCUT2D eigenvalue weighted by molar-refractivity contribution is 6.07. The van der Waals surface area contributed by atoms with E-state index < -0.39 is 23.1 Å². The molecule has 2 aromatic carbocycles. The van der Waals surface area contributed by atoms with Crippen LogP contribution in [0, 0.1) is 6.92 Å². The fourth-order valence-corrected chi connectivity index (χ4v) is 4.99. The number of nitrogens with zero attached hydrogens (tertiary/aromatic N) is 4. The first-order valence-corrected chi connectivity index (χ1v) is 13.4. The maximum Gasteiger partial charge on any atom is 0.418 e. The van der Waals surface area contributed by atoms with Gasteiger partial charge < -0.3 is 25.8 Å². The van der Waals surface area contributed by atoms with Crippen molar-refractivity contribution in [2.45, 2.75) is 31.4 Å². The number of hydrogen-bond donors (Lipinski definition) is 3. The number of halogens is 3. The van der Waals surface area contributed by atoms with Crippen LogP contribution in [0.1, 0.15) is 40.0 Å². The Kier molecular flexibility index (Phi) is 7.60. The second-order valence-corrected chi connectivity index (χ2v) is 10.6. The summed E-state index contributed by atoms with van der Waals surface area (Å²) in [5.74, 6) is -0.223. The molecule has 216 valence electrons. The van der Waals surface area contributed by atoms with Gasteiger partial charge in [0, 0.05) is 61.9 Å². The molecule has 0 radical (unpaired) electrons. The van der Waals surface area contributed by atoms with Crippen molar-refractivity contribution in [3.63, 3.8) is 0 Å². The molecule has 2 heterocycles. The van der Waals surface area contributed by atoms with Crippen LogP contribution in [0.5, 0.6) is 0 Å². The van der Waals surface area contributed by atoms with Gasteiger partial charge in [0.05, 0.1) is 16.7 Å². The van der Waals surface area contributed by atoms with Crippen molar-refractivity contribution in [3.8, 4) is 0 Å². The second kappa shape index (κ2) is 11.0. The van der Waals surface area contributed by atoms with E-state index in [0.29, 0.717) is 56.2 Å². The zero-order chi connectivity index (χ0) is 29.4. The maximum absolute atomic E-state index is 14.0. The van der Waals surface area contributed by atoms with E-state index in [9.17, 15) is 22.8 Å². The van der Waals surface area contributed by atoms with E-state index in [1.165, 1.54) is 24.5 Å². The molecule has 0 spiro atoms. The van der Waals surface area contributed by atoms with Crippen molar-refractivity contribution in [2.75, 3.05) is 61.1 Å². The number of piperazine rings is 1. The Morgan fingerprint density at radius 2 is 1.68 bits per heavy atom. The van der Waals surface area contributed by atoms with Crippen molar-refractivity contribution in [1.29, 1.82) is 0 Å². The summed E-state index contributed by atoms with van der Waals surface area (Å²) in [6, 6.07) is 10.4. The van der Waals surface area contributed by atoms with Crippen LogP contribution in [0.3, 0.4) is 0 Å². The topological polar surface area (TPSA) is 102 Å². The fraction of sp³-hybridized carbons (Fsp3) is 0.379. The lowest BCUT2D eigenvalue weighted by molar-refractivity contribution is -0.137. The summed E-state index contributed by atoms with van der Waals surface area (Å²) in [7, 11) is 3.67. The molecule has 0 bridgehead atoms. The predicted molar refractivity (Wildman–Crippen MR) is 151 cm³/mol. The van der Waals surface area contributed by atoms with Gasteiger partial charge >= 0.3 is 6.18 Å². The molecule has 1 saturated heterocycles. The molecule has 0 unspecified atom stereocenters. The molecule has 2 aliphatic rings. The third-order valence-electron chi connectivity index (χ3n) is 7.75. The first kappa shape index (κ1) is 28.3. The van der Waals surface area contributed by atoms with Gasteiger partial charge in [-0.1, -0.05) is 6.07 Å². The number of rotatable bonds is 7. The number of benzene rings is 2. The van der Waals surface area contributed by atoms with Gasteiger partial charge in [-0.3, -0.25) is 9.59 Å². The van der Waals surface area contributed by atoms with E-state index in [-0.39, 0.29) is 22.8 Å². The van der Waals surface area contributed by atoms with Crippen LogP contribution in [0.2, 0.25) is 0 Å². The highest BCUT2D eigenvalue weighted by Crippen LogP contribution is 2.48. The Balaban J connectivity index is 1.33. The molecule has 1 aliphatic carbocycles. The lowest BCUT2D eigenvalue weighted by atomic mass is 10.00. The summed E-state index contributed by atoms with van der Waals surface area (Å²) in [6.45, 7) is 4.10. The first-order valence-electron chi connectivity index (χ1n) is 13.4. The zero-order valence-corrected chi connectivity index (χ0v) is 23.1. The van der Waals surface area contributed by atoms with Crippen LogP contribution >= 0.6 is 0 Å². The molecule has 2 amide bonds. The molecule has 9 nitrogen and oxygen atoms in total. The summed E-state index contributed by atoms with van der Waals surface area (Å²) >= 11 is 0. The normalized spacial score (nSPS) is 16.7. The van der Waals surface area contributed by atoms with Crippen LogP contribution in [-0.2, 0) is 16.4 Å². The van der Waals surface area contributed by atoms with Gasteiger partial charge in [0.2, 0.25) is 5.91 Å². The van der Waals surface area contributed by atoms with Crippen LogP contribution in [0.25, 0.3) is 0 Å². The van der Waals surface area contributed by atoms with Gasteiger partial charge in [-0.15, -0.1) is 0 Å². The van der Waals surface area contributed by atoms with E-state index in [1.807, 2.05) is 7.05 Å².